The lowest BCUT2D eigenvalue weighted by atomic mass is 9.80. The van der Waals surface area contributed by atoms with E-state index in [-0.39, 0.29) is 36.4 Å². The third-order valence-electron chi connectivity index (χ3n) is 3.82. The number of carbonyl (C=O) groups excluding carboxylic acids is 1. The van der Waals surface area contributed by atoms with Crippen LogP contribution in [0.5, 0.6) is 5.75 Å². The first kappa shape index (κ1) is 18.3. The fourth-order valence-corrected chi connectivity index (χ4v) is 2.76. The molecule has 4 nitrogen and oxygen atoms in total. The van der Waals surface area contributed by atoms with Gasteiger partial charge in [-0.2, -0.15) is 0 Å². The molecule has 1 unspecified atom stereocenters. The summed E-state index contributed by atoms with van der Waals surface area (Å²) in [5.41, 5.74) is 6.04. The molecule has 2 N–H and O–H groups in total. The lowest BCUT2D eigenvalue weighted by Crippen LogP contribution is -2.54. The van der Waals surface area contributed by atoms with Crippen LogP contribution in [0.2, 0.25) is 0 Å². The van der Waals surface area contributed by atoms with E-state index in [0.29, 0.717) is 18.8 Å². The molecule has 21 heavy (non-hydrogen) atoms. The first-order valence-corrected chi connectivity index (χ1v) is 7.59. The summed E-state index contributed by atoms with van der Waals surface area (Å²) in [4.78, 5) is 14.0. The van der Waals surface area contributed by atoms with Gasteiger partial charge in [-0.05, 0) is 30.0 Å². The zero-order valence-electron chi connectivity index (χ0n) is 12.3. The van der Waals surface area contributed by atoms with Crippen molar-refractivity contribution in [3.8, 4) is 5.75 Å². The number of ether oxygens (including phenoxy) is 1. The topological polar surface area (TPSA) is 55.6 Å². The van der Waals surface area contributed by atoms with Crippen LogP contribution in [0, 0.1) is 5.41 Å². The fourth-order valence-electron chi connectivity index (χ4n) is 2.38. The number of likely N-dealkylation sites (tertiary alicyclic amines) is 1. The van der Waals surface area contributed by atoms with Crippen LogP contribution >= 0.6 is 28.3 Å². The zero-order valence-corrected chi connectivity index (χ0v) is 14.7. The summed E-state index contributed by atoms with van der Waals surface area (Å²) in [6.07, 6.45) is 0.843. The Labute approximate surface area is 140 Å². The predicted molar refractivity (Wildman–Crippen MR) is 89.8 cm³/mol. The number of halogens is 2. The Morgan fingerprint density at radius 3 is 2.86 bits per heavy atom. The van der Waals surface area contributed by atoms with Gasteiger partial charge in [-0.3, -0.25) is 4.79 Å². The number of carbonyl (C=O) groups is 1. The maximum atomic E-state index is 12.2. The molecule has 0 spiro atoms. The maximum absolute atomic E-state index is 12.2. The van der Waals surface area contributed by atoms with E-state index in [1.807, 2.05) is 29.2 Å². The molecule has 0 saturated carbocycles. The molecule has 0 bridgehead atoms. The molecule has 1 atom stereocenters. The van der Waals surface area contributed by atoms with E-state index < -0.39 is 0 Å². The Bertz CT molecular complexity index is 496. The Balaban J connectivity index is 0.00000220. The van der Waals surface area contributed by atoms with Gasteiger partial charge >= 0.3 is 0 Å². The summed E-state index contributed by atoms with van der Waals surface area (Å²) in [6, 6.07) is 7.64. The van der Waals surface area contributed by atoms with Crippen molar-refractivity contribution in [1.29, 1.82) is 0 Å². The van der Waals surface area contributed by atoms with E-state index in [2.05, 4.69) is 29.8 Å². The number of nitrogens with two attached hydrogens (primary N) is 1. The fraction of sp³-hybridized carbons (Fsp3) is 0.533. The summed E-state index contributed by atoms with van der Waals surface area (Å²) in [5.74, 6) is 0.714. The number of rotatable bonds is 3. The summed E-state index contributed by atoms with van der Waals surface area (Å²) in [5, 5.41) is 0. The van der Waals surface area contributed by atoms with Gasteiger partial charge in [-0.25, -0.2) is 0 Å². The highest BCUT2D eigenvalue weighted by Crippen LogP contribution is 2.27. The second-order valence-electron chi connectivity index (χ2n) is 5.95. The highest BCUT2D eigenvalue weighted by atomic mass is 79.9. The first-order chi connectivity index (χ1) is 9.38. The van der Waals surface area contributed by atoms with Crippen molar-refractivity contribution in [2.75, 3.05) is 19.7 Å². The Hall–Kier alpha value is -0.780. The molecule has 1 aromatic carbocycles. The minimum absolute atomic E-state index is 0. The van der Waals surface area contributed by atoms with E-state index in [9.17, 15) is 4.79 Å². The van der Waals surface area contributed by atoms with Crippen molar-refractivity contribution < 1.29 is 9.53 Å². The number of nitrogens with zero attached hydrogens (tertiary/aromatic N) is 1. The molecule has 1 aliphatic rings. The predicted octanol–water partition coefficient (Wildman–Crippen LogP) is 2.84. The van der Waals surface area contributed by atoms with Crippen LogP contribution in [0.3, 0.4) is 0 Å². The van der Waals surface area contributed by atoms with Crippen LogP contribution in [0.4, 0.5) is 0 Å². The third-order valence-corrected chi connectivity index (χ3v) is 4.32. The summed E-state index contributed by atoms with van der Waals surface area (Å²) < 4.78 is 6.48. The third kappa shape index (κ3) is 4.87. The van der Waals surface area contributed by atoms with Gasteiger partial charge in [0.2, 0.25) is 0 Å². The van der Waals surface area contributed by atoms with Gasteiger partial charge in [0, 0.05) is 23.6 Å². The van der Waals surface area contributed by atoms with Crippen LogP contribution in [-0.4, -0.2) is 36.5 Å². The Morgan fingerprint density at radius 1 is 1.52 bits per heavy atom. The molecule has 1 aromatic rings. The van der Waals surface area contributed by atoms with Gasteiger partial charge in [-0.1, -0.05) is 35.8 Å². The maximum Gasteiger partial charge on any atom is 0.260 e. The standard InChI is InChI=1S/C15H21BrN2O2.ClH/c1-15(2)10-18(7-6-13(15)17)14(19)9-20-12-5-3-4-11(16)8-12;/h3-5,8,13H,6-7,9-10,17H2,1-2H3;1H. The van der Waals surface area contributed by atoms with Gasteiger partial charge in [0.1, 0.15) is 5.75 Å². The van der Waals surface area contributed by atoms with Gasteiger partial charge in [0.15, 0.2) is 6.61 Å². The molecule has 1 saturated heterocycles. The lowest BCUT2D eigenvalue weighted by molar-refractivity contribution is -0.136. The minimum Gasteiger partial charge on any atom is -0.484 e. The average Bonchev–Trinajstić information content (AvgIpc) is 2.39. The lowest BCUT2D eigenvalue weighted by Gasteiger charge is -2.42. The van der Waals surface area contributed by atoms with Crippen LogP contribution in [-0.2, 0) is 4.79 Å². The SMILES string of the molecule is CC1(C)CN(C(=O)COc2cccc(Br)c2)CCC1N.Cl. The zero-order chi connectivity index (χ0) is 14.8. The molecular formula is C15H22BrClN2O2. The molecule has 0 aromatic heterocycles. The van der Waals surface area contributed by atoms with E-state index in [0.717, 1.165) is 10.9 Å². The van der Waals surface area contributed by atoms with Crippen molar-refractivity contribution in [2.24, 2.45) is 11.1 Å². The molecule has 0 radical (unpaired) electrons. The highest BCUT2D eigenvalue weighted by molar-refractivity contribution is 9.10. The second kappa shape index (κ2) is 7.47. The molecule has 1 heterocycles. The van der Waals surface area contributed by atoms with Crippen molar-refractivity contribution in [2.45, 2.75) is 26.3 Å². The van der Waals surface area contributed by atoms with Crippen LogP contribution in [0.15, 0.2) is 28.7 Å². The first-order valence-electron chi connectivity index (χ1n) is 6.80. The van der Waals surface area contributed by atoms with E-state index >= 15 is 0 Å². The summed E-state index contributed by atoms with van der Waals surface area (Å²) in [7, 11) is 0. The van der Waals surface area contributed by atoms with Crippen LogP contribution < -0.4 is 10.5 Å². The average molecular weight is 378 g/mol. The molecule has 118 valence electrons. The van der Waals surface area contributed by atoms with Gasteiger partial charge in [0.05, 0.1) is 0 Å². The van der Waals surface area contributed by atoms with E-state index in [1.54, 1.807) is 0 Å². The molecule has 1 aliphatic heterocycles. The Morgan fingerprint density at radius 2 is 2.24 bits per heavy atom. The molecule has 1 fully saturated rings. The number of amides is 1. The highest BCUT2D eigenvalue weighted by Gasteiger charge is 2.35. The van der Waals surface area contributed by atoms with Gasteiger partial charge in [-0.15, -0.1) is 12.4 Å². The monoisotopic (exact) mass is 376 g/mol. The molecule has 2 rings (SSSR count). The van der Waals surface area contributed by atoms with E-state index in [1.165, 1.54) is 0 Å². The van der Waals surface area contributed by atoms with Crippen molar-refractivity contribution in [3.05, 3.63) is 28.7 Å². The van der Waals surface area contributed by atoms with Crippen molar-refractivity contribution in [3.63, 3.8) is 0 Å². The Kier molecular flexibility index (Phi) is 6.50. The van der Waals surface area contributed by atoms with Crippen LogP contribution in [0.25, 0.3) is 0 Å². The van der Waals surface area contributed by atoms with Gasteiger partial charge < -0.3 is 15.4 Å². The summed E-state index contributed by atoms with van der Waals surface area (Å²) in [6.45, 7) is 5.68. The smallest absolute Gasteiger partial charge is 0.260 e. The molecule has 1 amide bonds. The number of hydrogen-bond donors (Lipinski definition) is 1. The van der Waals surface area contributed by atoms with Gasteiger partial charge in [0.25, 0.3) is 5.91 Å². The quantitative estimate of drug-likeness (QED) is 0.881. The molecular weight excluding hydrogens is 356 g/mol. The van der Waals surface area contributed by atoms with Crippen molar-refractivity contribution in [1.82, 2.24) is 4.90 Å². The normalized spacial score (nSPS) is 20.6. The number of piperidine rings is 1. The number of benzene rings is 1. The van der Waals surface area contributed by atoms with Crippen molar-refractivity contribution >= 4 is 34.2 Å². The largest absolute Gasteiger partial charge is 0.484 e. The van der Waals surface area contributed by atoms with Crippen LogP contribution in [0.1, 0.15) is 20.3 Å². The minimum atomic E-state index is -0.0380. The second-order valence-corrected chi connectivity index (χ2v) is 6.86. The van der Waals surface area contributed by atoms with E-state index in [4.69, 9.17) is 10.5 Å². The summed E-state index contributed by atoms with van der Waals surface area (Å²) >= 11 is 3.38. The molecule has 0 aliphatic carbocycles. The number of hydrogen-bond acceptors (Lipinski definition) is 3. The molecule has 6 heteroatoms.